The van der Waals surface area contributed by atoms with Gasteiger partial charge in [0.1, 0.15) is 12.7 Å². The lowest BCUT2D eigenvalue weighted by Gasteiger charge is -2.20. The fraction of sp³-hybridized carbons (Fsp3) is 0.767. The van der Waals surface area contributed by atoms with Crippen molar-refractivity contribution in [3.8, 4) is 0 Å². The summed E-state index contributed by atoms with van der Waals surface area (Å²) >= 11 is 0. The Morgan fingerprint density at radius 3 is 1.44 bits per heavy atom. The average Bonchev–Trinajstić information content (AvgIpc) is 3.07. The molecule has 0 aliphatic carbocycles. The minimum atomic E-state index is -0.378. The highest BCUT2D eigenvalue weighted by Gasteiger charge is 2.17. The van der Waals surface area contributed by atoms with Crippen LogP contribution in [0.25, 0.3) is 0 Å². The second-order valence-electron chi connectivity index (χ2n) is 13.7. The molecule has 0 aromatic rings. The third-order valence-electron chi connectivity index (χ3n) is 8.52. The first kappa shape index (κ1) is 45.9. The van der Waals surface area contributed by atoms with Crippen LogP contribution in [0.4, 0.5) is 0 Å². The molecule has 0 spiro atoms. The van der Waals surface area contributed by atoms with Gasteiger partial charge in [0.15, 0.2) is 0 Å². The molecule has 1 unspecified atom stereocenters. The molecule has 0 radical (unpaired) electrons. The Balaban J connectivity index is 3.91. The lowest BCUT2D eigenvalue weighted by Crippen LogP contribution is -2.29. The Kier molecular flexibility index (Phi) is 36.0. The van der Waals surface area contributed by atoms with Gasteiger partial charge >= 0.3 is 11.9 Å². The predicted molar refractivity (Wildman–Crippen MR) is 207 cm³/mol. The minimum absolute atomic E-state index is 0.154. The van der Waals surface area contributed by atoms with Gasteiger partial charge in [-0.25, -0.2) is 0 Å². The van der Waals surface area contributed by atoms with Gasteiger partial charge in [-0.2, -0.15) is 0 Å². The molecular weight excluding hydrogens is 594 g/mol. The zero-order valence-corrected chi connectivity index (χ0v) is 32.1. The number of carbonyl (C=O) groups excluding carboxylic acids is 2. The van der Waals surface area contributed by atoms with E-state index in [1.807, 2.05) is 14.1 Å². The summed E-state index contributed by atoms with van der Waals surface area (Å²) in [6.45, 7) is 5.43. The molecule has 0 bridgehead atoms. The van der Waals surface area contributed by atoms with E-state index < -0.39 is 0 Å². The lowest BCUT2D eigenvalue weighted by molar-refractivity contribution is -0.159. The van der Waals surface area contributed by atoms with Crippen LogP contribution >= 0.6 is 0 Å². The Morgan fingerprint density at radius 1 is 0.521 bits per heavy atom. The summed E-state index contributed by atoms with van der Waals surface area (Å²) in [5.41, 5.74) is 0. The molecule has 0 rings (SSSR count). The maximum absolute atomic E-state index is 12.5. The normalized spacial score (nSPS) is 12.8. The standard InChI is InChI=1S/C43H77NO4/c1-5-7-9-11-13-15-17-19-21-23-25-27-29-31-33-35-37-43(46)48-41(38-39-44(3)4)40-47-42(45)36-34-32-30-28-26-24-22-20-18-16-14-12-10-8-6-2/h13-16,20-23,41H,5-12,17-19,24-40H2,1-4H3/b15-13-,16-14-,22-20-,23-21-. The summed E-state index contributed by atoms with van der Waals surface area (Å²) in [7, 11) is 4.00. The fourth-order valence-corrected chi connectivity index (χ4v) is 5.40. The van der Waals surface area contributed by atoms with E-state index in [9.17, 15) is 9.59 Å². The van der Waals surface area contributed by atoms with Crippen LogP contribution in [0.3, 0.4) is 0 Å². The van der Waals surface area contributed by atoms with Crippen LogP contribution in [0.2, 0.25) is 0 Å². The van der Waals surface area contributed by atoms with E-state index in [1.165, 1.54) is 77.0 Å². The summed E-state index contributed by atoms with van der Waals surface area (Å²) in [6, 6.07) is 0. The highest BCUT2D eigenvalue weighted by molar-refractivity contribution is 5.70. The summed E-state index contributed by atoms with van der Waals surface area (Å²) in [5.74, 6) is -0.359. The molecule has 0 aromatic carbocycles. The number of unbranched alkanes of at least 4 members (excludes halogenated alkanes) is 17. The molecule has 0 heterocycles. The molecule has 0 N–H and O–H groups in total. The van der Waals surface area contributed by atoms with Gasteiger partial charge < -0.3 is 14.4 Å². The molecule has 5 heteroatoms. The van der Waals surface area contributed by atoms with Crippen LogP contribution in [0.15, 0.2) is 48.6 Å². The molecular formula is C43H77NO4. The Morgan fingerprint density at radius 2 is 0.938 bits per heavy atom. The van der Waals surface area contributed by atoms with Crippen molar-refractivity contribution in [3.63, 3.8) is 0 Å². The third kappa shape index (κ3) is 36.7. The average molecular weight is 672 g/mol. The first-order chi connectivity index (χ1) is 23.5. The second-order valence-corrected chi connectivity index (χ2v) is 13.7. The van der Waals surface area contributed by atoms with Crippen molar-refractivity contribution in [3.05, 3.63) is 48.6 Å². The number of esters is 2. The minimum Gasteiger partial charge on any atom is -0.462 e. The summed E-state index contributed by atoms with van der Waals surface area (Å²) in [4.78, 5) is 26.9. The van der Waals surface area contributed by atoms with E-state index in [-0.39, 0.29) is 24.6 Å². The first-order valence-corrected chi connectivity index (χ1v) is 20.1. The van der Waals surface area contributed by atoms with E-state index in [0.717, 1.165) is 77.2 Å². The number of hydrogen-bond acceptors (Lipinski definition) is 5. The van der Waals surface area contributed by atoms with Gasteiger partial charge in [-0.05, 0) is 97.6 Å². The Labute approximate surface area is 298 Å². The van der Waals surface area contributed by atoms with Crippen molar-refractivity contribution in [2.75, 3.05) is 27.2 Å². The van der Waals surface area contributed by atoms with Gasteiger partial charge in [0, 0.05) is 25.8 Å². The van der Waals surface area contributed by atoms with E-state index in [4.69, 9.17) is 9.47 Å². The lowest BCUT2D eigenvalue weighted by atomic mass is 10.1. The van der Waals surface area contributed by atoms with Crippen molar-refractivity contribution in [2.24, 2.45) is 0 Å². The van der Waals surface area contributed by atoms with E-state index in [0.29, 0.717) is 19.3 Å². The quantitative estimate of drug-likeness (QED) is 0.0381. The highest BCUT2D eigenvalue weighted by atomic mass is 16.6. The predicted octanol–water partition coefficient (Wildman–Crippen LogP) is 12.4. The topological polar surface area (TPSA) is 55.8 Å². The maximum Gasteiger partial charge on any atom is 0.306 e. The zero-order valence-electron chi connectivity index (χ0n) is 32.1. The first-order valence-electron chi connectivity index (χ1n) is 20.1. The molecule has 0 fully saturated rings. The molecule has 1 atom stereocenters. The van der Waals surface area contributed by atoms with Crippen molar-refractivity contribution < 1.29 is 19.1 Å². The van der Waals surface area contributed by atoms with Crippen LogP contribution in [0, 0.1) is 0 Å². The van der Waals surface area contributed by atoms with Gasteiger partial charge in [-0.1, -0.05) is 127 Å². The molecule has 0 aliphatic rings. The van der Waals surface area contributed by atoms with E-state index >= 15 is 0 Å². The number of allylic oxidation sites excluding steroid dienone is 8. The molecule has 48 heavy (non-hydrogen) atoms. The van der Waals surface area contributed by atoms with Gasteiger partial charge in [0.05, 0.1) is 0 Å². The molecule has 278 valence electrons. The van der Waals surface area contributed by atoms with Gasteiger partial charge in [-0.3, -0.25) is 9.59 Å². The monoisotopic (exact) mass is 672 g/mol. The van der Waals surface area contributed by atoms with E-state index in [2.05, 4.69) is 67.4 Å². The smallest absolute Gasteiger partial charge is 0.306 e. The van der Waals surface area contributed by atoms with Crippen molar-refractivity contribution in [1.82, 2.24) is 4.90 Å². The highest BCUT2D eigenvalue weighted by Crippen LogP contribution is 2.12. The summed E-state index contributed by atoms with van der Waals surface area (Å²) in [5, 5.41) is 0. The number of hydrogen-bond donors (Lipinski definition) is 0. The van der Waals surface area contributed by atoms with Crippen molar-refractivity contribution in [2.45, 2.75) is 187 Å². The van der Waals surface area contributed by atoms with Crippen LogP contribution in [-0.4, -0.2) is 50.2 Å². The van der Waals surface area contributed by atoms with E-state index in [1.54, 1.807) is 0 Å². The molecule has 0 amide bonds. The van der Waals surface area contributed by atoms with Crippen molar-refractivity contribution >= 4 is 11.9 Å². The fourth-order valence-electron chi connectivity index (χ4n) is 5.40. The second kappa shape index (κ2) is 37.7. The molecule has 0 saturated carbocycles. The van der Waals surface area contributed by atoms with Gasteiger partial charge in [0.25, 0.3) is 0 Å². The Bertz CT molecular complexity index is 829. The Hall–Kier alpha value is -2.14. The molecule has 0 aromatic heterocycles. The van der Waals surface area contributed by atoms with Crippen molar-refractivity contribution in [1.29, 1.82) is 0 Å². The zero-order chi connectivity index (χ0) is 35.2. The van der Waals surface area contributed by atoms with Crippen LogP contribution in [-0.2, 0) is 19.1 Å². The largest absolute Gasteiger partial charge is 0.462 e. The summed E-state index contributed by atoms with van der Waals surface area (Å²) < 4.78 is 11.3. The number of rotatable bonds is 35. The number of carbonyl (C=O) groups is 2. The van der Waals surface area contributed by atoms with Gasteiger partial charge in [0.2, 0.25) is 0 Å². The van der Waals surface area contributed by atoms with Crippen LogP contribution in [0.1, 0.15) is 181 Å². The summed E-state index contributed by atoms with van der Waals surface area (Å²) in [6.07, 6.45) is 46.4. The van der Waals surface area contributed by atoms with Crippen LogP contribution < -0.4 is 0 Å². The van der Waals surface area contributed by atoms with Gasteiger partial charge in [-0.15, -0.1) is 0 Å². The number of nitrogens with zero attached hydrogens (tertiary/aromatic N) is 1. The van der Waals surface area contributed by atoms with Crippen LogP contribution in [0.5, 0.6) is 0 Å². The number of ether oxygens (including phenoxy) is 2. The molecule has 0 aliphatic heterocycles. The molecule has 0 saturated heterocycles. The molecule has 5 nitrogen and oxygen atoms in total. The SMILES string of the molecule is CCCCC/C=C\C/C=C\CCCCCCCC(=O)OCC(CCN(C)C)OC(=O)CCCCCCC/C=C\CC/C=C\CCCCC. The third-order valence-corrected chi connectivity index (χ3v) is 8.52. The maximum atomic E-state index is 12.5.